The van der Waals surface area contributed by atoms with Crippen molar-refractivity contribution in [3.63, 3.8) is 0 Å². The highest BCUT2D eigenvalue weighted by atomic mass is 35.5. The molecule has 1 amide bonds. The number of carbonyl (C=O) groups is 1. The molecule has 0 aliphatic heterocycles. The van der Waals surface area contributed by atoms with Gasteiger partial charge in [-0.1, -0.05) is 23.7 Å². The van der Waals surface area contributed by atoms with Gasteiger partial charge in [0.25, 0.3) is 11.6 Å². The average molecular weight is 437 g/mol. The Kier molecular flexibility index (Phi) is 5.46. The van der Waals surface area contributed by atoms with Crippen molar-refractivity contribution in [2.45, 2.75) is 0 Å². The second-order valence-electron chi connectivity index (χ2n) is 6.54. The van der Waals surface area contributed by atoms with Crippen LogP contribution in [-0.2, 0) is 0 Å². The molecule has 9 heteroatoms. The first kappa shape index (κ1) is 20.2. The van der Waals surface area contributed by atoms with Crippen molar-refractivity contribution >= 4 is 28.9 Å². The molecule has 0 atom stereocenters. The molecule has 0 saturated heterocycles. The minimum atomic E-state index is -0.492. The van der Waals surface area contributed by atoms with E-state index in [1.807, 2.05) is 0 Å². The minimum absolute atomic E-state index is 0.0523. The number of nitrogens with zero attached hydrogens (tertiary/aromatic N) is 3. The molecule has 7 nitrogen and oxygen atoms in total. The summed E-state index contributed by atoms with van der Waals surface area (Å²) in [7, 11) is 0. The molecule has 0 bridgehead atoms. The largest absolute Gasteiger partial charge is 0.321 e. The van der Waals surface area contributed by atoms with Gasteiger partial charge in [-0.25, -0.2) is 9.07 Å². The predicted molar refractivity (Wildman–Crippen MR) is 115 cm³/mol. The number of para-hydroxylation sites is 1. The molecular formula is C22H14ClFN4O3. The summed E-state index contributed by atoms with van der Waals surface area (Å²) in [4.78, 5) is 23.4. The maximum atomic E-state index is 13.2. The standard InChI is InChI=1S/C22H14ClFN4O3/c23-18-3-1-2-4-20(18)27-21(22(29)25-16-9-7-15(24)8-10-16)13-19(26-27)14-5-11-17(12-6-14)28(30)31/h1-13H,(H,25,29). The number of nitro benzene ring substituents is 1. The number of amides is 1. The average Bonchev–Trinajstić information content (AvgIpc) is 3.21. The van der Waals surface area contributed by atoms with Gasteiger partial charge in [-0.3, -0.25) is 14.9 Å². The highest BCUT2D eigenvalue weighted by Crippen LogP contribution is 2.27. The van der Waals surface area contributed by atoms with E-state index in [9.17, 15) is 19.3 Å². The number of nitrogens with one attached hydrogen (secondary N) is 1. The van der Waals surface area contributed by atoms with Crippen molar-refractivity contribution in [2.75, 3.05) is 5.32 Å². The fraction of sp³-hybridized carbons (Fsp3) is 0. The van der Waals surface area contributed by atoms with E-state index in [-0.39, 0.29) is 11.4 Å². The van der Waals surface area contributed by atoms with Crippen molar-refractivity contribution in [1.29, 1.82) is 0 Å². The second-order valence-corrected chi connectivity index (χ2v) is 6.95. The molecule has 1 N–H and O–H groups in total. The summed E-state index contributed by atoms with van der Waals surface area (Å²) in [6, 6.07) is 19.7. The van der Waals surface area contributed by atoms with E-state index in [0.29, 0.717) is 27.7 Å². The maximum Gasteiger partial charge on any atom is 0.274 e. The van der Waals surface area contributed by atoms with Crippen LogP contribution in [0.25, 0.3) is 16.9 Å². The SMILES string of the molecule is O=C(Nc1ccc(F)cc1)c1cc(-c2ccc([N+](=O)[O-])cc2)nn1-c1ccccc1Cl. The van der Waals surface area contributed by atoms with E-state index >= 15 is 0 Å². The predicted octanol–water partition coefficient (Wildman–Crippen LogP) is 5.49. The Morgan fingerprint density at radius 1 is 1.03 bits per heavy atom. The first-order valence-corrected chi connectivity index (χ1v) is 9.47. The van der Waals surface area contributed by atoms with Crippen molar-refractivity contribution in [3.8, 4) is 16.9 Å². The lowest BCUT2D eigenvalue weighted by Crippen LogP contribution is -2.17. The lowest BCUT2D eigenvalue weighted by atomic mass is 10.1. The fourth-order valence-corrected chi connectivity index (χ4v) is 3.19. The molecule has 0 unspecified atom stereocenters. The zero-order chi connectivity index (χ0) is 22.0. The summed E-state index contributed by atoms with van der Waals surface area (Å²) < 4.78 is 14.6. The van der Waals surface area contributed by atoms with Gasteiger partial charge in [-0.05, 0) is 54.6 Å². The van der Waals surface area contributed by atoms with Crippen molar-refractivity contribution in [2.24, 2.45) is 0 Å². The van der Waals surface area contributed by atoms with Crippen LogP contribution in [0.4, 0.5) is 15.8 Å². The third-order valence-electron chi connectivity index (χ3n) is 4.50. The number of non-ortho nitro benzene ring substituents is 1. The molecule has 0 aliphatic rings. The van der Waals surface area contributed by atoms with Gasteiger partial charge in [0.2, 0.25) is 0 Å². The van der Waals surface area contributed by atoms with Crippen molar-refractivity contribution in [1.82, 2.24) is 9.78 Å². The Balaban J connectivity index is 1.77. The summed E-state index contributed by atoms with van der Waals surface area (Å²) in [5.41, 5.74) is 2.05. The summed E-state index contributed by atoms with van der Waals surface area (Å²) in [5.74, 6) is -0.897. The summed E-state index contributed by atoms with van der Waals surface area (Å²) in [6.07, 6.45) is 0. The Morgan fingerprint density at radius 3 is 2.35 bits per heavy atom. The molecular weight excluding hydrogens is 423 g/mol. The van der Waals surface area contributed by atoms with Gasteiger partial charge in [-0.2, -0.15) is 5.10 Å². The first-order valence-electron chi connectivity index (χ1n) is 9.09. The lowest BCUT2D eigenvalue weighted by molar-refractivity contribution is -0.384. The van der Waals surface area contributed by atoms with Crippen LogP contribution in [0.15, 0.2) is 78.9 Å². The van der Waals surface area contributed by atoms with Gasteiger partial charge in [-0.15, -0.1) is 0 Å². The van der Waals surface area contributed by atoms with E-state index in [4.69, 9.17) is 11.6 Å². The van der Waals surface area contributed by atoms with Crippen LogP contribution in [0, 0.1) is 15.9 Å². The molecule has 154 valence electrons. The number of nitro groups is 1. The molecule has 31 heavy (non-hydrogen) atoms. The quantitative estimate of drug-likeness (QED) is 0.330. The third kappa shape index (κ3) is 4.29. The molecule has 3 aromatic carbocycles. The number of rotatable bonds is 5. The number of hydrogen-bond donors (Lipinski definition) is 1. The first-order chi connectivity index (χ1) is 14.9. The summed E-state index contributed by atoms with van der Waals surface area (Å²) in [6.45, 7) is 0. The molecule has 0 spiro atoms. The molecule has 4 rings (SSSR count). The maximum absolute atomic E-state index is 13.2. The molecule has 0 fully saturated rings. The van der Waals surface area contributed by atoms with Gasteiger partial charge in [0, 0.05) is 23.4 Å². The van der Waals surface area contributed by atoms with E-state index in [1.54, 1.807) is 42.5 Å². The second kappa shape index (κ2) is 8.37. The smallest absolute Gasteiger partial charge is 0.274 e. The van der Waals surface area contributed by atoms with Gasteiger partial charge in [0.1, 0.15) is 11.5 Å². The van der Waals surface area contributed by atoms with Crippen LogP contribution >= 0.6 is 11.6 Å². The summed E-state index contributed by atoms with van der Waals surface area (Å²) in [5, 5.41) is 18.5. The van der Waals surface area contributed by atoms with Crippen LogP contribution in [-0.4, -0.2) is 20.6 Å². The van der Waals surface area contributed by atoms with Gasteiger partial charge >= 0.3 is 0 Å². The van der Waals surface area contributed by atoms with Gasteiger partial charge in [0.15, 0.2) is 0 Å². The van der Waals surface area contributed by atoms with E-state index < -0.39 is 16.6 Å². The fourth-order valence-electron chi connectivity index (χ4n) is 2.97. The Bertz CT molecular complexity index is 1270. The van der Waals surface area contributed by atoms with E-state index in [1.165, 1.54) is 41.1 Å². The van der Waals surface area contributed by atoms with Gasteiger partial charge < -0.3 is 5.32 Å². The van der Waals surface area contributed by atoms with Crippen LogP contribution in [0.2, 0.25) is 5.02 Å². The third-order valence-corrected chi connectivity index (χ3v) is 4.82. The Hall–Kier alpha value is -4.04. The van der Waals surface area contributed by atoms with E-state index in [0.717, 1.165) is 0 Å². The molecule has 0 radical (unpaired) electrons. The number of carbonyl (C=O) groups excluding carboxylic acids is 1. The molecule has 1 heterocycles. The zero-order valence-corrected chi connectivity index (χ0v) is 16.6. The van der Waals surface area contributed by atoms with Crippen LogP contribution in [0.5, 0.6) is 0 Å². The molecule has 0 aliphatic carbocycles. The number of halogens is 2. The van der Waals surface area contributed by atoms with Crippen molar-refractivity contribution in [3.05, 3.63) is 106 Å². The number of benzene rings is 3. The highest BCUT2D eigenvalue weighted by molar-refractivity contribution is 6.32. The molecule has 4 aromatic rings. The number of aromatic nitrogens is 2. The highest BCUT2D eigenvalue weighted by Gasteiger charge is 2.20. The molecule has 1 aromatic heterocycles. The monoisotopic (exact) mass is 436 g/mol. The van der Waals surface area contributed by atoms with E-state index in [2.05, 4.69) is 10.4 Å². The number of hydrogen-bond acceptors (Lipinski definition) is 4. The Morgan fingerprint density at radius 2 is 1.71 bits per heavy atom. The van der Waals surface area contributed by atoms with Gasteiger partial charge in [0.05, 0.1) is 21.3 Å². The van der Waals surface area contributed by atoms with Crippen molar-refractivity contribution < 1.29 is 14.1 Å². The summed E-state index contributed by atoms with van der Waals surface area (Å²) >= 11 is 6.31. The zero-order valence-electron chi connectivity index (χ0n) is 15.8. The molecule has 0 saturated carbocycles. The topological polar surface area (TPSA) is 90.1 Å². The Labute approximate surface area is 180 Å². The normalized spacial score (nSPS) is 10.6. The van der Waals surface area contributed by atoms with Crippen LogP contribution in [0.3, 0.4) is 0 Å². The number of anilines is 1. The lowest BCUT2D eigenvalue weighted by Gasteiger charge is -2.09. The van der Waals surface area contributed by atoms with Crippen LogP contribution < -0.4 is 5.32 Å². The minimum Gasteiger partial charge on any atom is -0.321 e. The van der Waals surface area contributed by atoms with Crippen LogP contribution in [0.1, 0.15) is 10.5 Å².